The first-order valence-electron chi connectivity index (χ1n) is 7.88. The molecule has 1 amide bonds. The van der Waals surface area contributed by atoms with Gasteiger partial charge in [0.2, 0.25) is 0 Å². The van der Waals surface area contributed by atoms with Crippen molar-refractivity contribution in [2.24, 2.45) is 5.92 Å². The molecule has 0 radical (unpaired) electrons. The maximum atomic E-state index is 12.4. The molecule has 2 rings (SSSR count). The quantitative estimate of drug-likeness (QED) is 0.817. The Morgan fingerprint density at radius 1 is 1.33 bits per heavy atom. The van der Waals surface area contributed by atoms with Crippen molar-refractivity contribution >= 4 is 11.6 Å². The minimum Gasteiger partial charge on any atom is -0.496 e. The van der Waals surface area contributed by atoms with Crippen LogP contribution >= 0.6 is 0 Å². The van der Waals surface area contributed by atoms with E-state index in [2.05, 4.69) is 12.2 Å². The molecular weight excluding hydrogens is 264 g/mol. The number of methoxy groups -OCH3 is 1. The Labute approximate surface area is 127 Å². The highest BCUT2D eigenvalue weighted by Gasteiger charge is 2.23. The van der Waals surface area contributed by atoms with Gasteiger partial charge in [-0.2, -0.15) is 0 Å². The fraction of sp³-hybridized carbons (Fsp3) is 0.588. The van der Waals surface area contributed by atoms with E-state index in [4.69, 9.17) is 10.5 Å². The van der Waals surface area contributed by atoms with Gasteiger partial charge >= 0.3 is 0 Å². The summed E-state index contributed by atoms with van der Waals surface area (Å²) >= 11 is 0. The fourth-order valence-corrected chi connectivity index (χ4v) is 3.17. The summed E-state index contributed by atoms with van der Waals surface area (Å²) in [7, 11) is 1.57. The molecule has 4 heteroatoms. The van der Waals surface area contributed by atoms with E-state index in [1.165, 1.54) is 25.7 Å². The van der Waals surface area contributed by atoms with Crippen LogP contribution in [0.15, 0.2) is 18.2 Å². The topological polar surface area (TPSA) is 64.4 Å². The van der Waals surface area contributed by atoms with Gasteiger partial charge in [-0.05, 0) is 49.8 Å². The molecule has 0 unspecified atom stereocenters. The Bertz CT molecular complexity index is 480. The normalized spacial score (nSPS) is 21.8. The maximum absolute atomic E-state index is 12.4. The lowest BCUT2D eigenvalue weighted by molar-refractivity contribution is 0.0918. The first-order chi connectivity index (χ1) is 10.1. The number of hydrogen-bond donors (Lipinski definition) is 2. The van der Waals surface area contributed by atoms with Crippen LogP contribution in [0, 0.1) is 5.92 Å². The van der Waals surface area contributed by atoms with Gasteiger partial charge in [0.1, 0.15) is 5.75 Å². The molecule has 0 bridgehead atoms. The van der Waals surface area contributed by atoms with Crippen LogP contribution in [-0.4, -0.2) is 19.1 Å². The monoisotopic (exact) mass is 290 g/mol. The summed E-state index contributed by atoms with van der Waals surface area (Å²) in [4.78, 5) is 12.4. The fourth-order valence-electron chi connectivity index (χ4n) is 3.17. The predicted octanol–water partition coefficient (Wildman–Crippen LogP) is 3.37. The Morgan fingerprint density at radius 3 is 2.67 bits per heavy atom. The highest BCUT2D eigenvalue weighted by Crippen LogP contribution is 2.28. The number of nitrogens with two attached hydrogens (primary N) is 1. The highest BCUT2D eigenvalue weighted by molar-refractivity contribution is 5.98. The van der Waals surface area contributed by atoms with Gasteiger partial charge in [0.15, 0.2) is 0 Å². The van der Waals surface area contributed by atoms with E-state index in [9.17, 15) is 4.79 Å². The van der Waals surface area contributed by atoms with Crippen LogP contribution in [0.25, 0.3) is 0 Å². The molecule has 116 valence electrons. The molecule has 0 spiro atoms. The van der Waals surface area contributed by atoms with E-state index in [1.54, 1.807) is 25.3 Å². The Kier molecular flexibility index (Phi) is 5.48. The number of amides is 1. The van der Waals surface area contributed by atoms with Crippen LogP contribution in [0.2, 0.25) is 0 Å². The SMILES string of the molecule is CCCC1CCC(NC(=O)c2cc(N)ccc2OC)CC1. The van der Waals surface area contributed by atoms with Crippen LogP contribution in [0.4, 0.5) is 5.69 Å². The summed E-state index contributed by atoms with van der Waals surface area (Å²) in [5.74, 6) is 1.32. The summed E-state index contributed by atoms with van der Waals surface area (Å²) in [6, 6.07) is 5.43. The predicted molar refractivity (Wildman–Crippen MR) is 85.5 cm³/mol. The number of rotatable bonds is 5. The highest BCUT2D eigenvalue weighted by atomic mass is 16.5. The van der Waals surface area contributed by atoms with Gasteiger partial charge in [-0.3, -0.25) is 4.79 Å². The number of carbonyl (C=O) groups excluding carboxylic acids is 1. The molecule has 1 aliphatic carbocycles. The van der Waals surface area contributed by atoms with E-state index in [0.717, 1.165) is 18.8 Å². The van der Waals surface area contributed by atoms with E-state index >= 15 is 0 Å². The number of carbonyl (C=O) groups is 1. The van der Waals surface area contributed by atoms with E-state index in [0.29, 0.717) is 17.0 Å². The molecule has 4 nitrogen and oxygen atoms in total. The number of benzene rings is 1. The molecule has 0 atom stereocenters. The van der Waals surface area contributed by atoms with Gasteiger partial charge in [-0.15, -0.1) is 0 Å². The van der Waals surface area contributed by atoms with Crippen molar-refractivity contribution in [2.75, 3.05) is 12.8 Å². The van der Waals surface area contributed by atoms with Gasteiger partial charge in [0.25, 0.3) is 5.91 Å². The average Bonchev–Trinajstić information content (AvgIpc) is 2.49. The lowest BCUT2D eigenvalue weighted by Gasteiger charge is -2.29. The van der Waals surface area contributed by atoms with Gasteiger partial charge in [-0.1, -0.05) is 19.8 Å². The van der Waals surface area contributed by atoms with Crippen LogP contribution in [0.3, 0.4) is 0 Å². The molecule has 0 aromatic heterocycles. The molecular formula is C17H26N2O2. The van der Waals surface area contributed by atoms with Gasteiger partial charge < -0.3 is 15.8 Å². The largest absolute Gasteiger partial charge is 0.496 e. The first-order valence-corrected chi connectivity index (χ1v) is 7.88. The second kappa shape index (κ2) is 7.34. The third kappa shape index (κ3) is 4.13. The maximum Gasteiger partial charge on any atom is 0.255 e. The zero-order valence-corrected chi connectivity index (χ0v) is 13.0. The van der Waals surface area contributed by atoms with Crippen molar-refractivity contribution < 1.29 is 9.53 Å². The van der Waals surface area contributed by atoms with Crippen molar-refractivity contribution in [2.45, 2.75) is 51.5 Å². The smallest absolute Gasteiger partial charge is 0.255 e. The lowest BCUT2D eigenvalue weighted by Crippen LogP contribution is -2.37. The zero-order valence-electron chi connectivity index (χ0n) is 13.0. The van der Waals surface area contributed by atoms with E-state index < -0.39 is 0 Å². The van der Waals surface area contributed by atoms with Gasteiger partial charge in [0, 0.05) is 11.7 Å². The van der Waals surface area contributed by atoms with Crippen LogP contribution in [-0.2, 0) is 0 Å². The molecule has 1 aromatic carbocycles. The number of hydrogen-bond acceptors (Lipinski definition) is 3. The second-order valence-corrected chi connectivity index (χ2v) is 5.94. The summed E-state index contributed by atoms with van der Waals surface area (Å²) in [5, 5.41) is 3.13. The molecule has 0 aliphatic heterocycles. The van der Waals surface area contributed by atoms with Crippen molar-refractivity contribution in [3.05, 3.63) is 23.8 Å². The molecule has 0 saturated heterocycles. The van der Waals surface area contributed by atoms with Gasteiger partial charge in [-0.25, -0.2) is 0 Å². The zero-order chi connectivity index (χ0) is 15.2. The van der Waals surface area contributed by atoms with E-state index in [1.807, 2.05) is 0 Å². The van der Waals surface area contributed by atoms with Crippen LogP contribution in [0.1, 0.15) is 55.8 Å². The molecule has 21 heavy (non-hydrogen) atoms. The molecule has 3 N–H and O–H groups in total. The molecule has 0 heterocycles. The number of nitrogen functional groups attached to an aromatic ring is 1. The van der Waals surface area contributed by atoms with Crippen LogP contribution in [0.5, 0.6) is 5.75 Å². The summed E-state index contributed by atoms with van der Waals surface area (Å²) < 4.78 is 5.24. The Hall–Kier alpha value is -1.71. The lowest BCUT2D eigenvalue weighted by atomic mass is 9.83. The number of anilines is 1. The minimum absolute atomic E-state index is 0.0851. The van der Waals surface area contributed by atoms with Crippen molar-refractivity contribution in [1.29, 1.82) is 0 Å². The second-order valence-electron chi connectivity index (χ2n) is 5.94. The first kappa shape index (κ1) is 15.7. The molecule has 1 fully saturated rings. The van der Waals surface area contributed by atoms with E-state index in [-0.39, 0.29) is 11.9 Å². The average molecular weight is 290 g/mol. The Morgan fingerprint density at radius 2 is 2.05 bits per heavy atom. The van der Waals surface area contributed by atoms with Crippen molar-refractivity contribution in [3.63, 3.8) is 0 Å². The standard InChI is InChI=1S/C17H26N2O2/c1-3-4-12-5-8-14(9-6-12)19-17(20)15-11-13(18)7-10-16(15)21-2/h7,10-12,14H,3-6,8-9,18H2,1-2H3,(H,19,20). The molecule has 1 aliphatic rings. The molecule has 1 saturated carbocycles. The summed E-state index contributed by atoms with van der Waals surface area (Å²) in [6.07, 6.45) is 7.13. The Balaban J connectivity index is 1.95. The molecule has 1 aromatic rings. The van der Waals surface area contributed by atoms with Crippen LogP contribution < -0.4 is 15.8 Å². The summed E-state index contributed by atoms with van der Waals surface area (Å²) in [6.45, 7) is 2.24. The summed E-state index contributed by atoms with van der Waals surface area (Å²) in [5.41, 5.74) is 6.87. The number of ether oxygens (including phenoxy) is 1. The number of nitrogens with one attached hydrogen (secondary N) is 1. The minimum atomic E-state index is -0.0851. The van der Waals surface area contributed by atoms with Gasteiger partial charge in [0.05, 0.1) is 12.7 Å². The van der Waals surface area contributed by atoms with Crippen molar-refractivity contribution in [3.8, 4) is 5.75 Å². The third-order valence-electron chi connectivity index (χ3n) is 4.35. The van der Waals surface area contributed by atoms with Crippen molar-refractivity contribution in [1.82, 2.24) is 5.32 Å². The third-order valence-corrected chi connectivity index (χ3v) is 4.35.